The molecule has 5 heteroatoms. The molecule has 0 heterocycles. The molecule has 1 amide bonds. The molecule has 1 aliphatic rings. The summed E-state index contributed by atoms with van der Waals surface area (Å²) in [5.74, 6) is -0.399. The summed E-state index contributed by atoms with van der Waals surface area (Å²) in [6.07, 6.45) is 2.81. The van der Waals surface area contributed by atoms with Crippen LogP contribution in [0.25, 0.3) is 0 Å². The predicted molar refractivity (Wildman–Crippen MR) is 95.0 cm³/mol. The lowest BCUT2D eigenvalue weighted by Crippen LogP contribution is -2.69. The number of hydrogen-bond donors (Lipinski definition) is 1. The first kappa shape index (κ1) is 18.5. The zero-order valence-corrected chi connectivity index (χ0v) is 15.4. The maximum Gasteiger partial charge on any atom is 0.340 e. The van der Waals surface area contributed by atoms with Crippen LogP contribution in [0, 0.1) is 6.92 Å². The molecule has 0 aromatic heterocycles. The fourth-order valence-electron chi connectivity index (χ4n) is 3.36. The highest BCUT2D eigenvalue weighted by Crippen LogP contribution is 2.42. The Bertz CT molecular complexity index is 633. The topological polar surface area (TPSA) is 55.4 Å². The largest absolute Gasteiger partial charge is 0.462 e. The summed E-state index contributed by atoms with van der Waals surface area (Å²) in [6, 6.07) is 5.40. The van der Waals surface area contributed by atoms with Crippen LogP contribution in [0.15, 0.2) is 18.2 Å². The number of para-hydroxylation sites is 1. The van der Waals surface area contributed by atoms with E-state index >= 15 is 0 Å². The van der Waals surface area contributed by atoms with Crippen molar-refractivity contribution in [1.82, 2.24) is 0 Å². The van der Waals surface area contributed by atoms with Gasteiger partial charge in [-0.2, -0.15) is 0 Å². The molecule has 0 spiro atoms. The number of esters is 1. The SMILES string of the molecule is CCOC(=O)c1cccc(C)c1NC(=O)C1([N+](C)(C)CC)CCC1. The summed E-state index contributed by atoms with van der Waals surface area (Å²) in [4.78, 5) is 25.3. The zero-order valence-electron chi connectivity index (χ0n) is 15.4. The summed E-state index contributed by atoms with van der Waals surface area (Å²) in [7, 11) is 4.20. The van der Waals surface area contributed by atoms with Crippen LogP contribution < -0.4 is 5.32 Å². The van der Waals surface area contributed by atoms with Gasteiger partial charge in [-0.3, -0.25) is 4.79 Å². The highest BCUT2D eigenvalue weighted by atomic mass is 16.5. The van der Waals surface area contributed by atoms with E-state index in [1.807, 2.05) is 19.1 Å². The number of aryl methyl sites for hydroxylation is 1. The van der Waals surface area contributed by atoms with Crippen LogP contribution in [0.3, 0.4) is 0 Å². The number of rotatable bonds is 6. The van der Waals surface area contributed by atoms with Crippen LogP contribution in [0.4, 0.5) is 5.69 Å². The second-order valence-electron chi connectivity index (χ2n) is 7.06. The molecular weight excluding hydrogens is 304 g/mol. The number of nitrogens with one attached hydrogen (secondary N) is 1. The summed E-state index contributed by atoms with van der Waals surface area (Å²) in [6.45, 7) is 6.96. The molecular formula is C19H29N2O3+. The van der Waals surface area contributed by atoms with Gasteiger partial charge in [0.15, 0.2) is 5.54 Å². The molecule has 0 aliphatic heterocycles. The van der Waals surface area contributed by atoms with E-state index < -0.39 is 11.5 Å². The quantitative estimate of drug-likeness (QED) is 0.643. The Morgan fingerprint density at radius 2 is 1.92 bits per heavy atom. The Kier molecular flexibility index (Phi) is 5.33. The Balaban J connectivity index is 2.34. The number of benzene rings is 1. The Morgan fingerprint density at radius 3 is 2.42 bits per heavy atom. The number of hydrogen-bond acceptors (Lipinski definition) is 3. The third-order valence-corrected chi connectivity index (χ3v) is 5.56. The molecule has 132 valence electrons. The second-order valence-corrected chi connectivity index (χ2v) is 7.06. The molecule has 1 aromatic carbocycles. The van der Waals surface area contributed by atoms with Crippen LogP contribution in [-0.2, 0) is 9.53 Å². The molecule has 1 aromatic rings. The maximum atomic E-state index is 13.1. The standard InChI is InChI=1S/C19H28N2O3/c1-6-21(4,5)19(12-9-13-19)18(23)20-16-14(3)10-8-11-15(16)17(22)24-7-2/h8,10-11H,6-7,9,12-13H2,1-5H3/p+1. The Hall–Kier alpha value is -1.88. The molecule has 2 rings (SSSR count). The van der Waals surface area contributed by atoms with E-state index in [0.29, 0.717) is 22.3 Å². The second kappa shape index (κ2) is 6.93. The normalized spacial score (nSPS) is 16.2. The molecule has 0 unspecified atom stereocenters. The van der Waals surface area contributed by atoms with Crippen LogP contribution in [-0.4, -0.2) is 49.1 Å². The van der Waals surface area contributed by atoms with Gasteiger partial charge in [0.25, 0.3) is 5.91 Å². The monoisotopic (exact) mass is 333 g/mol. The zero-order chi connectivity index (χ0) is 18.0. The number of likely N-dealkylation sites (N-methyl/N-ethyl adjacent to an activating group) is 1. The van der Waals surface area contributed by atoms with E-state index in [2.05, 4.69) is 26.3 Å². The molecule has 1 fully saturated rings. The molecule has 0 saturated heterocycles. The predicted octanol–water partition coefficient (Wildman–Crippen LogP) is 3.13. The molecule has 1 aliphatic carbocycles. The lowest BCUT2D eigenvalue weighted by molar-refractivity contribution is -0.936. The number of anilines is 1. The van der Waals surface area contributed by atoms with Crippen molar-refractivity contribution in [2.24, 2.45) is 0 Å². The lowest BCUT2D eigenvalue weighted by atomic mass is 9.73. The van der Waals surface area contributed by atoms with Crippen molar-refractivity contribution < 1.29 is 18.8 Å². The summed E-state index contributed by atoms with van der Waals surface area (Å²) in [5, 5.41) is 3.05. The lowest BCUT2D eigenvalue weighted by Gasteiger charge is -2.52. The highest BCUT2D eigenvalue weighted by Gasteiger charge is 2.56. The van der Waals surface area contributed by atoms with Gasteiger partial charge in [0, 0.05) is 12.8 Å². The summed E-state index contributed by atoms with van der Waals surface area (Å²) < 4.78 is 5.78. The number of nitrogens with zero attached hydrogens (tertiary/aromatic N) is 1. The van der Waals surface area contributed by atoms with E-state index in [4.69, 9.17) is 4.74 Å². The van der Waals surface area contributed by atoms with Crippen molar-refractivity contribution in [3.63, 3.8) is 0 Å². The van der Waals surface area contributed by atoms with Gasteiger partial charge in [-0.25, -0.2) is 4.79 Å². The van der Waals surface area contributed by atoms with Gasteiger partial charge in [-0.15, -0.1) is 0 Å². The van der Waals surface area contributed by atoms with Crippen LogP contribution in [0.5, 0.6) is 0 Å². The van der Waals surface area contributed by atoms with E-state index in [-0.39, 0.29) is 5.91 Å². The fraction of sp³-hybridized carbons (Fsp3) is 0.579. The number of carbonyl (C=O) groups is 2. The smallest absolute Gasteiger partial charge is 0.340 e. The van der Waals surface area contributed by atoms with E-state index in [0.717, 1.165) is 31.4 Å². The first-order valence-corrected chi connectivity index (χ1v) is 8.70. The van der Waals surface area contributed by atoms with Gasteiger partial charge < -0.3 is 14.5 Å². The van der Waals surface area contributed by atoms with Gasteiger partial charge in [0.2, 0.25) is 0 Å². The van der Waals surface area contributed by atoms with Gasteiger partial charge >= 0.3 is 5.97 Å². The number of amides is 1. The minimum Gasteiger partial charge on any atom is -0.462 e. The Labute approximate surface area is 144 Å². The van der Waals surface area contributed by atoms with Crippen molar-refractivity contribution >= 4 is 17.6 Å². The molecule has 5 nitrogen and oxygen atoms in total. The average molecular weight is 333 g/mol. The number of ether oxygens (including phenoxy) is 1. The minimum atomic E-state index is -0.414. The first-order chi connectivity index (χ1) is 11.3. The average Bonchev–Trinajstić information content (AvgIpc) is 2.48. The maximum absolute atomic E-state index is 13.1. The fourth-order valence-corrected chi connectivity index (χ4v) is 3.36. The van der Waals surface area contributed by atoms with Crippen LogP contribution >= 0.6 is 0 Å². The van der Waals surface area contributed by atoms with Crippen molar-refractivity contribution in [1.29, 1.82) is 0 Å². The molecule has 0 radical (unpaired) electrons. The van der Waals surface area contributed by atoms with Gasteiger partial charge in [0.05, 0.1) is 38.5 Å². The van der Waals surface area contributed by atoms with Gasteiger partial charge in [0.1, 0.15) is 0 Å². The third kappa shape index (κ3) is 3.05. The molecule has 1 N–H and O–H groups in total. The van der Waals surface area contributed by atoms with Gasteiger partial charge in [-0.05, 0) is 38.8 Å². The van der Waals surface area contributed by atoms with Crippen molar-refractivity contribution in [2.75, 3.05) is 32.6 Å². The molecule has 0 atom stereocenters. The van der Waals surface area contributed by atoms with E-state index in [9.17, 15) is 9.59 Å². The minimum absolute atomic E-state index is 0.000415. The molecule has 0 bridgehead atoms. The first-order valence-electron chi connectivity index (χ1n) is 8.70. The van der Waals surface area contributed by atoms with Crippen molar-refractivity contribution in [2.45, 2.75) is 45.6 Å². The Morgan fingerprint density at radius 1 is 1.25 bits per heavy atom. The van der Waals surface area contributed by atoms with Crippen LogP contribution in [0.2, 0.25) is 0 Å². The van der Waals surface area contributed by atoms with Crippen molar-refractivity contribution in [3.05, 3.63) is 29.3 Å². The molecule has 1 saturated carbocycles. The van der Waals surface area contributed by atoms with E-state index in [1.165, 1.54) is 0 Å². The highest BCUT2D eigenvalue weighted by molar-refractivity contribution is 6.05. The summed E-state index contributed by atoms with van der Waals surface area (Å²) in [5.41, 5.74) is 1.44. The number of quaternary nitrogens is 1. The van der Waals surface area contributed by atoms with Crippen LogP contribution in [0.1, 0.15) is 49.0 Å². The van der Waals surface area contributed by atoms with Crippen molar-refractivity contribution in [3.8, 4) is 0 Å². The summed E-state index contributed by atoms with van der Waals surface area (Å²) >= 11 is 0. The molecule has 24 heavy (non-hydrogen) atoms. The van der Waals surface area contributed by atoms with Gasteiger partial charge in [-0.1, -0.05) is 12.1 Å². The third-order valence-electron chi connectivity index (χ3n) is 5.56. The number of carbonyl (C=O) groups excluding carboxylic acids is 2. The van der Waals surface area contributed by atoms with E-state index in [1.54, 1.807) is 13.0 Å².